The van der Waals surface area contributed by atoms with Crippen molar-refractivity contribution >= 4 is 33.4 Å². The summed E-state index contributed by atoms with van der Waals surface area (Å²) in [5.41, 5.74) is 1.99. The number of thioether (sulfide) groups is 1. The van der Waals surface area contributed by atoms with Crippen LogP contribution in [-0.2, 0) is 15.8 Å². The lowest BCUT2D eigenvalue weighted by molar-refractivity contribution is 0.0955. The van der Waals surface area contributed by atoms with Gasteiger partial charge in [-0.1, -0.05) is 48.5 Å². The fourth-order valence-electron chi connectivity index (χ4n) is 2.86. The van der Waals surface area contributed by atoms with Gasteiger partial charge in [-0.15, -0.1) is 0 Å². The molecule has 5 nitrogen and oxygen atoms in total. The Bertz CT molecular complexity index is 1150. The molecular weight excluding hydrogens is 435 g/mol. The first-order chi connectivity index (χ1) is 14.9. The molecule has 0 fully saturated rings. The highest BCUT2D eigenvalue weighted by Gasteiger charge is 2.19. The van der Waals surface area contributed by atoms with Crippen LogP contribution in [0, 0.1) is 12.7 Å². The SMILES string of the molecule is Cc1ccc(S(=O)(=O)Nc2ccccc2F)cc1C(=O)NCCSCc1ccccc1. The average molecular weight is 459 g/mol. The van der Waals surface area contributed by atoms with Crippen molar-refractivity contribution in [1.29, 1.82) is 0 Å². The van der Waals surface area contributed by atoms with E-state index in [1.807, 2.05) is 18.2 Å². The lowest BCUT2D eigenvalue weighted by Crippen LogP contribution is -2.27. The molecule has 0 saturated heterocycles. The molecule has 0 bridgehead atoms. The standard InChI is InChI=1S/C23H23FN2O3S2/c1-17-11-12-19(31(28,29)26-22-10-6-5-9-21(22)24)15-20(17)23(27)25-13-14-30-16-18-7-3-2-4-8-18/h2-12,15,26H,13-14,16H2,1H3,(H,25,27). The minimum absolute atomic E-state index is 0.107. The number of carbonyl (C=O) groups excluding carboxylic acids is 1. The molecule has 31 heavy (non-hydrogen) atoms. The maximum Gasteiger partial charge on any atom is 0.262 e. The Morgan fingerprint density at radius 1 is 1.00 bits per heavy atom. The number of para-hydroxylation sites is 1. The Morgan fingerprint density at radius 2 is 1.71 bits per heavy atom. The quantitative estimate of drug-likeness (QED) is 0.460. The molecule has 3 rings (SSSR count). The van der Waals surface area contributed by atoms with Crippen molar-refractivity contribution in [3.8, 4) is 0 Å². The predicted octanol–water partition coefficient (Wildman–Crippen LogP) is 4.60. The number of nitrogens with one attached hydrogen (secondary N) is 2. The third-order valence-electron chi connectivity index (χ3n) is 4.53. The monoisotopic (exact) mass is 458 g/mol. The Morgan fingerprint density at radius 3 is 2.45 bits per heavy atom. The first-order valence-corrected chi connectivity index (χ1v) is 12.3. The number of sulfonamides is 1. The topological polar surface area (TPSA) is 75.3 Å². The summed E-state index contributed by atoms with van der Waals surface area (Å²) in [7, 11) is -4.04. The molecule has 0 heterocycles. The van der Waals surface area contributed by atoms with Gasteiger partial charge in [-0.3, -0.25) is 9.52 Å². The molecule has 3 aromatic rings. The van der Waals surface area contributed by atoms with Crippen molar-refractivity contribution in [3.05, 3.63) is 95.3 Å². The predicted molar refractivity (Wildman–Crippen MR) is 123 cm³/mol. The van der Waals surface area contributed by atoms with E-state index in [4.69, 9.17) is 0 Å². The van der Waals surface area contributed by atoms with Gasteiger partial charge < -0.3 is 5.32 Å². The van der Waals surface area contributed by atoms with Crippen LogP contribution in [0.4, 0.5) is 10.1 Å². The van der Waals surface area contributed by atoms with E-state index < -0.39 is 15.8 Å². The van der Waals surface area contributed by atoms with Gasteiger partial charge in [0.1, 0.15) is 5.82 Å². The van der Waals surface area contributed by atoms with E-state index in [0.717, 1.165) is 11.5 Å². The molecule has 0 atom stereocenters. The number of amides is 1. The van der Waals surface area contributed by atoms with Crippen molar-refractivity contribution in [1.82, 2.24) is 5.32 Å². The molecule has 1 amide bonds. The second-order valence-electron chi connectivity index (χ2n) is 6.86. The lowest BCUT2D eigenvalue weighted by atomic mass is 10.1. The molecule has 3 aromatic carbocycles. The summed E-state index contributed by atoms with van der Waals surface area (Å²) in [5.74, 6) is 0.558. The van der Waals surface area contributed by atoms with E-state index in [9.17, 15) is 17.6 Å². The second-order valence-corrected chi connectivity index (χ2v) is 9.64. The maximum atomic E-state index is 13.8. The van der Waals surface area contributed by atoms with Crippen molar-refractivity contribution in [2.24, 2.45) is 0 Å². The van der Waals surface area contributed by atoms with E-state index in [2.05, 4.69) is 22.2 Å². The van der Waals surface area contributed by atoms with Crippen LogP contribution in [0.25, 0.3) is 0 Å². The van der Waals surface area contributed by atoms with E-state index in [0.29, 0.717) is 12.1 Å². The van der Waals surface area contributed by atoms with E-state index in [1.165, 1.54) is 42.0 Å². The Balaban J connectivity index is 1.61. The molecule has 0 unspecified atom stereocenters. The molecule has 0 spiro atoms. The van der Waals surface area contributed by atoms with E-state index in [-0.39, 0.29) is 22.1 Å². The van der Waals surface area contributed by atoms with Crippen molar-refractivity contribution < 1.29 is 17.6 Å². The molecule has 0 radical (unpaired) electrons. The van der Waals surface area contributed by atoms with Gasteiger partial charge in [0.25, 0.3) is 15.9 Å². The van der Waals surface area contributed by atoms with Gasteiger partial charge in [0.2, 0.25) is 0 Å². The minimum Gasteiger partial charge on any atom is -0.351 e. The highest BCUT2D eigenvalue weighted by molar-refractivity contribution is 7.98. The summed E-state index contributed by atoms with van der Waals surface area (Å²) < 4.78 is 41.4. The maximum absolute atomic E-state index is 13.8. The normalized spacial score (nSPS) is 11.2. The smallest absolute Gasteiger partial charge is 0.262 e. The molecular formula is C23H23FN2O3S2. The summed E-state index contributed by atoms with van der Waals surface area (Å²) in [4.78, 5) is 12.5. The number of carbonyl (C=O) groups is 1. The third kappa shape index (κ3) is 6.32. The Kier molecular flexibility index (Phi) is 7.70. The number of hydrogen-bond donors (Lipinski definition) is 2. The van der Waals surface area contributed by atoms with Gasteiger partial charge in [-0.25, -0.2) is 12.8 Å². The van der Waals surface area contributed by atoms with Crippen LogP contribution in [0.1, 0.15) is 21.5 Å². The van der Waals surface area contributed by atoms with Crippen LogP contribution in [0.15, 0.2) is 77.7 Å². The van der Waals surface area contributed by atoms with Crippen LogP contribution < -0.4 is 10.0 Å². The summed E-state index contributed by atoms with van der Waals surface area (Å²) >= 11 is 1.70. The molecule has 0 saturated carbocycles. The zero-order valence-electron chi connectivity index (χ0n) is 17.0. The number of halogens is 1. The molecule has 0 aliphatic rings. The van der Waals surface area contributed by atoms with Gasteiger partial charge in [-0.2, -0.15) is 11.8 Å². The fourth-order valence-corrected chi connectivity index (χ4v) is 4.77. The van der Waals surface area contributed by atoms with Gasteiger partial charge in [0.15, 0.2) is 0 Å². The Labute approximate surface area is 186 Å². The third-order valence-corrected chi connectivity index (χ3v) is 6.92. The molecule has 0 aliphatic heterocycles. The van der Waals surface area contributed by atoms with E-state index in [1.54, 1.807) is 24.8 Å². The lowest BCUT2D eigenvalue weighted by Gasteiger charge is -2.12. The van der Waals surface area contributed by atoms with Crippen LogP contribution in [-0.4, -0.2) is 26.6 Å². The highest BCUT2D eigenvalue weighted by atomic mass is 32.2. The average Bonchev–Trinajstić information content (AvgIpc) is 2.76. The number of anilines is 1. The summed E-state index contributed by atoms with van der Waals surface area (Å²) in [6, 6.07) is 19.8. The molecule has 0 aliphatic carbocycles. The largest absolute Gasteiger partial charge is 0.351 e. The highest BCUT2D eigenvalue weighted by Crippen LogP contribution is 2.21. The zero-order valence-corrected chi connectivity index (χ0v) is 18.6. The molecule has 0 aromatic heterocycles. The summed E-state index contributed by atoms with van der Waals surface area (Å²) in [6.07, 6.45) is 0. The first-order valence-electron chi connectivity index (χ1n) is 9.65. The minimum atomic E-state index is -4.04. The van der Waals surface area contributed by atoms with E-state index >= 15 is 0 Å². The van der Waals surface area contributed by atoms with Crippen molar-refractivity contribution in [3.63, 3.8) is 0 Å². The first kappa shape index (κ1) is 22.8. The van der Waals surface area contributed by atoms with Gasteiger partial charge >= 0.3 is 0 Å². The van der Waals surface area contributed by atoms with Gasteiger partial charge in [0.05, 0.1) is 10.6 Å². The van der Waals surface area contributed by atoms with Crippen LogP contribution in [0.5, 0.6) is 0 Å². The summed E-state index contributed by atoms with van der Waals surface area (Å²) in [6.45, 7) is 2.19. The van der Waals surface area contributed by atoms with Gasteiger partial charge in [-0.05, 0) is 42.3 Å². The fraction of sp³-hybridized carbons (Fsp3) is 0.174. The number of aryl methyl sites for hydroxylation is 1. The number of benzene rings is 3. The summed E-state index contributed by atoms with van der Waals surface area (Å²) in [5, 5.41) is 2.83. The van der Waals surface area contributed by atoms with Crippen molar-refractivity contribution in [2.75, 3.05) is 17.0 Å². The van der Waals surface area contributed by atoms with Gasteiger partial charge in [0, 0.05) is 23.6 Å². The van der Waals surface area contributed by atoms with Crippen LogP contribution >= 0.6 is 11.8 Å². The van der Waals surface area contributed by atoms with Crippen LogP contribution in [0.3, 0.4) is 0 Å². The van der Waals surface area contributed by atoms with Crippen molar-refractivity contribution in [2.45, 2.75) is 17.6 Å². The molecule has 8 heteroatoms. The number of hydrogen-bond acceptors (Lipinski definition) is 4. The number of rotatable bonds is 9. The molecule has 162 valence electrons. The zero-order chi connectivity index (χ0) is 22.3. The van der Waals surface area contributed by atoms with Crippen LogP contribution in [0.2, 0.25) is 0 Å². The Hall–Kier alpha value is -2.84. The molecule has 2 N–H and O–H groups in total. The second kappa shape index (κ2) is 10.5.